The van der Waals surface area contributed by atoms with Crippen LogP contribution in [0.1, 0.15) is 24.0 Å². The number of hydrogen-bond donors (Lipinski definition) is 1. The molecule has 0 bridgehead atoms. The van der Waals surface area contributed by atoms with E-state index in [1.807, 2.05) is 0 Å². The maximum atomic E-state index is 5.79. The highest BCUT2D eigenvalue weighted by atomic mass is 16.5. The van der Waals surface area contributed by atoms with E-state index in [9.17, 15) is 0 Å². The van der Waals surface area contributed by atoms with Gasteiger partial charge in [0.15, 0.2) is 0 Å². The van der Waals surface area contributed by atoms with Gasteiger partial charge in [-0.1, -0.05) is 12.1 Å². The van der Waals surface area contributed by atoms with Crippen LogP contribution in [0.5, 0.6) is 5.75 Å². The molecule has 1 aliphatic carbocycles. The first kappa shape index (κ1) is 12.4. The molecule has 0 spiro atoms. The Labute approximate surface area is 103 Å². The molecule has 0 aromatic heterocycles. The molecule has 3 nitrogen and oxygen atoms in total. The Balaban J connectivity index is 1.87. The average molecular weight is 235 g/mol. The number of nitrogens with two attached hydrogens (primary N) is 1. The quantitative estimate of drug-likeness (QED) is 0.766. The number of hydrogen-bond acceptors (Lipinski definition) is 3. The molecule has 0 fully saturated rings. The van der Waals surface area contributed by atoms with E-state index in [-0.39, 0.29) is 0 Å². The Bertz CT molecular complexity index is 352. The standard InChI is InChI=1S/C14H21NO2/c15-8-9-16-10-11-17-14-7-3-5-12-4-1-2-6-13(12)14/h3,5,7H,1-2,4,6,8-11,15H2. The maximum absolute atomic E-state index is 5.79. The van der Waals surface area contributed by atoms with Gasteiger partial charge in [0, 0.05) is 6.54 Å². The Kier molecular flexibility index (Phi) is 4.83. The van der Waals surface area contributed by atoms with Crippen LogP contribution in [0, 0.1) is 0 Å². The van der Waals surface area contributed by atoms with Crippen LogP contribution in [0.2, 0.25) is 0 Å². The van der Waals surface area contributed by atoms with Crippen molar-refractivity contribution >= 4 is 0 Å². The van der Waals surface area contributed by atoms with E-state index in [4.69, 9.17) is 15.2 Å². The second kappa shape index (κ2) is 6.62. The van der Waals surface area contributed by atoms with Crippen molar-refractivity contribution in [3.05, 3.63) is 29.3 Å². The van der Waals surface area contributed by atoms with Gasteiger partial charge in [0.2, 0.25) is 0 Å². The number of aryl methyl sites for hydroxylation is 1. The van der Waals surface area contributed by atoms with Crippen molar-refractivity contribution in [2.75, 3.05) is 26.4 Å². The first-order valence-corrected chi connectivity index (χ1v) is 6.43. The molecule has 1 aliphatic rings. The van der Waals surface area contributed by atoms with Crippen LogP contribution >= 0.6 is 0 Å². The lowest BCUT2D eigenvalue weighted by Crippen LogP contribution is -2.14. The van der Waals surface area contributed by atoms with Gasteiger partial charge in [-0.05, 0) is 42.9 Å². The van der Waals surface area contributed by atoms with Crippen molar-refractivity contribution in [2.45, 2.75) is 25.7 Å². The molecule has 0 amide bonds. The first-order chi connectivity index (χ1) is 8.42. The SMILES string of the molecule is NCCOCCOc1cccc2c1CCCC2. The van der Waals surface area contributed by atoms with E-state index < -0.39 is 0 Å². The molecule has 2 N–H and O–H groups in total. The van der Waals surface area contributed by atoms with Crippen molar-refractivity contribution in [2.24, 2.45) is 5.73 Å². The molecule has 1 aromatic carbocycles. The minimum atomic E-state index is 0.570. The van der Waals surface area contributed by atoms with Gasteiger partial charge in [0.05, 0.1) is 13.2 Å². The fourth-order valence-electron chi connectivity index (χ4n) is 2.28. The molecule has 0 aliphatic heterocycles. The summed E-state index contributed by atoms with van der Waals surface area (Å²) in [6, 6.07) is 6.36. The van der Waals surface area contributed by atoms with Crippen molar-refractivity contribution < 1.29 is 9.47 Å². The van der Waals surface area contributed by atoms with Crippen molar-refractivity contribution in [3.63, 3.8) is 0 Å². The Morgan fingerprint density at radius 2 is 1.94 bits per heavy atom. The van der Waals surface area contributed by atoms with Gasteiger partial charge in [-0.15, -0.1) is 0 Å². The van der Waals surface area contributed by atoms with Crippen LogP contribution in [-0.4, -0.2) is 26.4 Å². The number of rotatable bonds is 6. The summed E-state index contributed by atoms with van der Waals surface area (Å²) >= 11 is 0. The lowest BCUT2D eigenvalue weighted by atomic mass is 9.91. The minimum Gasteiger partial charge on any atom is -0.491 e. The van der Waals surface area contributed by atoms with E-state index in [1.54, 1.807) is 0 Å². The Morgan fingerprint density at radius 1 is 1.06 bits per heavy atom. The largest absolute Gasteiger partial charge is 0.491 e. The molecule has 1 aromatic rings. The summed E-state index contributed by atoms with van der Waals surface area (Å²) in [4.78, 5) is 0. The average Bonchev–Trinajstić information content (AvgIpc) is 2.39. The van der Waals surface area contributed by atoms with Crippen molar-refractivity contribution in [1.82, 2.24) is 0 Å². The van der Waals surface area contributed by atoms with Crippen molar-refractivity contribution in [3.8, 4) is 5.75 Å². The monoisotopic (exact) mass is 235 g/mol. The zero-order valence-electron chi connectivity index (χ0n) is 10.3. The van der Waals surface area contributed by atoms with Crippen LogP contribution in [0.3, 0.4) is 0 Å². The number of fused-ring (bicyclic) bond motifs is 1. The third-order valence-electron chi connectivity index (χ3n) is 3.10. The Morgan fingerprint density at radius 3 is 2.82 bits per heavy atom. The molecule has 0 unspecified atom stereocenters. The van der Waals surface area contributed by atoms with Gasteiger partial charge in [-0.2, -0.15) is 0 Å². The summed E-state index contributed by atoms with van der Waals surface area (Å²) in [6.07, 6.45) is 4.92. The third-order valence-corrected chi connectivity index (χ3v) is 3.10. The van der Waals surface area contributed by atoms with E-state index in [2.05, 4.69) is 18.2 Å². The van der Waals surface area contributed by atoms with Crippen LogP contribution < -0.4 is 10.5 Å². The molecule has 0 heterocycles. The van der Waals surface area contributed by atoms with Gasteiger partial charge in [-0.25, -0.2) is 0 Å². The van der Waals surface area contributed by atoms with E-state index in [0.29, 0.717) is 26.4 Å². The summed E-state index contributed by atoms with van der Waals surface area (Å²) in [5, 5.41) is 0. The molecule has 2 rings (SSSR count). The normalized spacial score (nSPS) is 14.4. The fourth-order valence-corrected chi connectivity index (χ4v) is 2.28. The lowest BCUT2D eigenvalue weighted by Gasteiger charge is -2.19. The highest BCUT2D eigenvalue weighted by molar-refractivity contribution is 5.41. The second-order valence-corrected chi connectivity index (χ2v) is 4.35. The molecule has 0 saturated heterocycles. The van der Waals surface area contributed by atoms with Gasteiger partial charge in [0.1, 0.15) is 12.4 Å². The molecule has 17 heavy (non-hydrogen) atoms. The summed E-state index contributed by atoms with van der Waals surface area (Å²) in [7, 11) is 0. The summed E-state index contributed by atoms with van der Waals surface area (Å²) in [6.45, 7) is 2.40. The zero-order valence-corrected chi connectivity index (χ0v) is 10.3. The van der Waals surface area contributed by atoms with Crippen LogP contribution in [-0.2, 0) is 17.6 Å². The minimum absolute atomic E-state index is 0.570. The zero-order chi connectivity index (χ0) is 11.9. The number of ether oxygens (including phenoxy) is 2. The highest BCUT2D eigenvalue weighted by Gasteiger charge is 2.13. The molecular formula is C14H21NO2. The predicted octanol–water partition coefficient (Wildman–Crippen LogP) is 1.92. The topological polar surface area (TPSA) is 44.5 Å². The summed E-state index contributed by atoms with van der Waals surface area (Å²) < 4.78 is 11.1. The first-order valence-electron chi connectivity index (χ1n) is 6.43. The van der Waals surface area contributed by atoms with Gasteiger partial charge < -0.3 is 15.2 Å². The van der Waals surface area contributed by atoms with Crippen LogP contribution in [0.4, 0.5) is 0 Å². The van der Waals surface area contributed by atoms with Crippen LogP contribution in [0.15, 0.2) is 18.2 Å². The lowest BCUT2D eigenvalue weighted by molar-refractivity contribution is 0.105. The van der Waals surface area contributed by atoms with Gasteiger partial charge >= 0.3 is 0 Å². The molecule has 0 radical (unpaired) electrons. The smallest absolute Gasteiger partial charge is 0.122 e. The third kappa shape index (κ3) is 3.45. The van der Waals surface area contributed by atoms with Gasteiger partial charge in [0.25, 0.3) is 0 Å². The predicted molar refractivity (Wildman–Crippen MR) is 68.5 cm³/mol. The summed E-state index contributed by atoms with van der Waals surface area (Å²) in [5.74, 6) is 1.04. The molecule has 0 saturated carbocycles. The highest BCUT2D eigenvalue weighted by Crippen LogP contribution is 2.29. The maximum Gasteiger partial charge on any atom is 0.122 e. The summed E-state index contributed by atoms with van der Waals surface area (Å²) in [5.41, 5.74) is 8.20. The van der Waals surface area contributed by atoms with E-state index in [1.165, 1.54) is 30.4 Å². The molecule has 94 valence electrons. The number of benzene rings is 1. The second-order valence-electron chi connectivity index (χ2n) is 4.35. The van der Waals surface area contributed by atoms with E-state index in [0.717, 1.165) is 12.2 Å². The Hall–Kier alpha value is -1.06. The van der Waals surface area contributed by atoms with E-state index >= 15 is 0 Å². The molecular weight excluding hydrogens is 214 g/mol. The fraction of sp³-hybridized carbons (Fsp3) is 0.571. The van der Waals surface area contributed by atoms with Gasteiger partial charge in [-0.3, -0.25) is 0 Å². The van der Waals surface area contributed by atoms with Crippen LogP contribution in [0.25, 0.3) is 0 Å². The van der Waals surface area contributed by atoms with Crippen molar-refractivity contribution in [1.29, 1.82) is 0 Å². The molecule has 3 heteroatoms. The molecule has 0 atom stereocenters.